The van der Waals surface area contributed by atoms with Gasteiger partial charge >= 0.3 is 6.09 Å². The number of alkyl carbamates (subject to hydrolysis) is 1. The van der Waals surface area contributed by atoms with Gasteiger partial charge in [0.25, 0.3) is 0 Å². The molecular formula is C14H23N3O3. The summed E-state index contributed by atoms with van der Waals surface area (Å²) in [4.78, 5) is 22.8. The van der Waals surface area contributed by atoms with Crippen LogP contribution < -0.4 is 5.32 Å². The third-order valence-electron chi connectivity index (χ3n) is 2.46. The summed E-state index contributed by atoms with van der Waals surface area (Å²) in [5.74, 6) is 0. The zero-order valence-electron chi connectivity index (χ0n) is 12.9. The van der Waals surface area contributed by atoms with E-state index in [0.29, 0.717) is 11.8 Å². The molecule has 0 fully saturated rings. The van der Waals surface area contributed by atoms with Crippen molar-refractivity contribution in [2.45, 2.75) is 58.7 Å². The van der Waals surface area contributed by atoms with Gasteiger partial charge in [-0.05, 0) is 41.5 Å². The first-order chi connectivity index (χ1) is 9.03. The summed E-state index contributed by atoms with van der Waals surface area (Å²) in [5.41, 5.74) is -0.161. The van der Waals surface area contributed by atoms with E-state index < -0.39 is 17.7 Å². The van der Waals surface area contributed by atoms with Gasteiger partial charge in [0.15, 0.2) is 0 Å². The predicted molar refractivity (Wildman–Crippen MR) is 75.4 cm³/mol. The summed E-state index contributed by atoms with van der Waals surface area (Å²) in [7, 11) is 0. The van der Waals surface area contributed by atoms with Gasteiger partial charge in [0, 0.05) is 11.8 Å². The van der Waals surface area contributed by atoms with Crippen molar-refractivity contribution < 1.29 is 14.3 Å². The van der Waals surface area contributed by atoms with E-state index in [1.54, 1.807) is 37.8 Å². The largest absolute Gasteiger partial charge is 0.444 e. The minimum Gasteiger partial charge on any atom is -0.444 e. The van der Waals surface area contributed by atoms with Crippen LogP contribution in [0.25, 0.3) is 0 Å². The molecule has 1 rings (SSSR count). The summed E-state index contributed by atoms with van der Waals surface area (Å²) < 4.78 is 6.88. The number of nitrogens with one attached hydrogen (secondary N) is 1. The Hall–Kier alpha value is -1.85. The Morgan fingerprint density at radius 2 is 1.95 bits per heavy atom. The lowest BCUT2D eigenvalue weighted by Gasteiger charge is -2.21. The normalized spacial score (nSPS) is 13.7. The maximum atomic E-state index is 11.7. The van der Waals surface area contributed by atoms with Crippen molar-refractivity contribution in [2.75, 3.05) is 0 Å². The van der Waals surface area contributed by atoms with Crippen molar-refractivity contribution in [1.29, 1.82) is 0 Å². The molecule has 0 aromatic carbocycles. The molecule has 1 amide bonds. The van der Waals surface area contributed by atoms with E-state index in [2.05, 4.69) is 10.4 Å². The number of aromatic nitrogens is 2. The van der Waals surface area contributed by atoms with Crippen LogP contribution >= 0.6 is 0 Å². The van der Waals surface area contributed by atoms with Gasteiger partial charge in [0.05, 0.1) is 11.7 Å². The highest BCUT2D eigenvalue weighted by Crippen LogP contribution is 2.17. The van der Waals surface area contributed by atoms with Crippen LogP contribution in [0.2, 0.25) is 0 Å². The average Bonchev–Trinajstić information content (AvgIpc) is 2.71. The Bertz CT molecular complexity index is 481. The molecule has 1 N–H and O–H groups in total. The fourth-order valence-corrected chi connectivity index (χ4v) is 1.49. The maximum absolute atomic E-state index is 11.7. The van der Waals surface area contributed by atoms with Crippen LogP contribution in [0.5, 0.6) is 0 Å². The number of hydrogen-bond acceptors (Lipinski definition) is 4. The van der Waals surface area contributed by atoms with Gasteiger partial charge in [-0.25, -0.2) is 4.79 Å². The van der Waals surface area contributed by atoms with Gasteiger partial charge in [-0.2, -0.15) is 5.10 Å². The number of ether oxygens (including phenoxy) is 1. The van der Waals surface area contributed by atoms with Crippen LogP contribution in [0.4, 0.5) is 4.79 Å². The zero-order valence-corrected chi connectivity index (χ0v) is 12.9. The van der Waals surface area contributed by atoms with E-state index in [4.69, 9.17) is 4.74 Å². The molecule has 0 aliphatic rings. The SMILES string of the molecule is CC(C)(C)OC(=O)NC(C=O)c1cnn(C(C)(C)C)c1. The second-order valence-corrected chi connectivity index (χ2v) is 6.65. The first-order valence-corrected chi connectivity index (χ1v) is 6.53. The van der Waals surface area contributed by atoms with E-state index >= 15 is 0 Å². The van der Waals surface area contributed by atoms with Crippen LogP contribution in [-0.4, -0.2) is 27.8 Å². The van der Waals surface area contributed by atoms with Gasteiger partial charge in [0.1, 0.15) is 17.9 Å². The second-order valence-electron chi connectivity index (χ2n) is 6.65. The van der Waals surface area contributed by atoms with Gasteiger partial charge < -0.3 is 14.8 Å². The fourth-order valence-electron chi connectivity index (χ4n) is 1.49. The first-order valence-electron chi connectivity index (χ1n) is 6.53. The molecule has 1 unspecified atom stereocenters. The number of nitrogens with zero attached hydrogens (tertiary/aromatic N) is 2. The lowest BCUT2D eigenvalue weighted by atomic mass is 10.1. The van der Waals surface area contributed by atoms with E-state index in [1.807, 2.05) is 20.8 Å². The number of amides is 1. The third kappa shape index (κ3) is 4.68. The van der Waals surface area contributed by atoms with Crippen LogP contribution in [0, 0.1) is 0 Å². The molecule has 112 valence electrons. The summed E-state index contributed by atoms with van der Waals surface area (Å²) in [6, 6.07) is -0.763. The molecule has 1 aromatic heterocycles. The molecule has 1 atom stereocenters. The summed E-state index contributed by atoms with van der Waals surface area (Å²) in [6.45, 7) is 11.3. The third-order valence-corrected chi connectivity index (χ3v) is 2.46. The monoisotopic (exact) mass is 281 g/mol. The molecule has 0 saturated carbocycles. The number of carbonyl (C=O) groups excluding carboxylic acids is 2. The Labute approximate surface area is 119 Å². The molecule has 6 heteroatoms. The maximum Gasteiger partial charge on any atom is 0.408 e. The second kappa shape index (κ2) is 5.64. The molecule has 1 aromatic rings. The van der Waals surface area contributed by atoms with E-state index in [-0.39, 0.29) is 5.54 Å². The molecule has 20 heavy (non-hydrogen) atoms. The van der Waals surface area contributed by atoms with Crippen LogP contribution in [-0.2, 0) is 15.1 Å². The van der Waals surface area contributed by atoms with Crippen molar-refractivity contribution in [3.8, 4) is 0 Å². The standard InChI is InChI=1S/C14H23N3O3/c1-13(2,3)17-8-10(7-15-17)11(9-18)16-12(19)20-14(4,5)6/h7-9,11H,1-6H3,(H,16,19). The molecule has 0 saturated heterocycles. The van der Waals surface area contributed by atoms with Crippen LogP contribution in [0.15, 0.2) is 12.4 Å². The van der Waals surface area contributed by atoms with Crippen molar-refractivity contribution in [3.05, 3.63) is 18.0 Å². The Kier molecular flexibility index (Phi) is 4.57. The van der Waals surface area contributed by atoms with Crippen LogP contribution in [0.3, 0.4) is 0 Å². The van der Waals surface area contributed by atoms with Gasteiger partial charge in [-0.15, -0.1) is 0 Å². The van der Waals surface area contributed by atoms with Gasteiger partial charge in [-0.1, -0.05) is 0 Å². The molecule has 0 aliphatic carbocycles. The average molecular weight is 281 g/mol. The predicted octanol–water partition coefficient (Wildman–Crippen LogP) is 2.40. The van der Waals surface area contributed by atoms with Crippen LogP contribution in [0.1, 0.15) is 53.1 Å². The van der Waals surface area contributed by atoms with E-state index in [1.165, 1.54) is 0 Å². The molecule has 6 nitrogen and oxygen atoms in total. The fraction of sp³-hybridized carbons (Fsp3) is 0.643. The van der Waals surface area contributed by atoms with Crippen molar-refractivity contribution in [2.24, 2.45) is 0 Å². The molecule has 0 bridgehead atoms. The van der Waals surface area contributed by atoms with E-state index in [0.717, 1.165) is 0 Å². The quantitative estimate of drug-likeness (QED) is 0.863. The highest BCUT2D eigenvalue weighted by molar-refractivity contribution is 5.74. The van der Waals surface area contributed by atoms with Crippen molar-refractivity contribution in [1.82, 2.24) is 15.1 Å². The van der Waals surface area contributed by atoms with Gasteiger partial charge in [0.2, 0.25) is 0 Å². The Morgan fingerprint density at radius 1 is 1.35 bits per heavy atom. The number of aldehydes is 1. The lowest BCUT2D eigenvalue weighted by Crippen LogP contribution is -2.35. The first kappa shape index (κ1) is 16.2. The minimum absolute atomic E-state index is 0.183. The van der Waals surface area contributed by atoms with Crippen molar-refractivity contribution >= 4 is 12.4 Å². The Morgan fingerprint density at radius 3 is 2.35 bits per heavy atom. The smallest absolute Gasteiger partial charge is 0.408 e. The summed E-state index contributed by atoms with van der Waals surface area (Å²) >= 11 is 0. The van der Waals surface area contributed by atoms with Crippen molar-refractivity contribution in [3.63, 3.8) is 0 Å². The number of rotatable bonds is 3. The summed E-state index contributed by atoms with van der Waals surface area (Å²) in [5, 5.41) is 6.73. The molecule has 1 heterocycles. The van der Waals surface area contributed by atoms with Gasteiger partial charge in [-0.3, -0.25) is 4.68 Å². The number of hydrogen-bond donors (Lipinski definition) is 1. The summed E-state index contributed by atoms with van der Waals surface area (Å²) in [6.07, 6.45) is 3.35. The molecule has 0 radical (unpaired) electrons. The molecular weight excluding hydrogens is 258 g/mol. The topological polar surface area (TPSA) is 73.2 Å². The van der Waals surface area contributed by atoms with E-state index in [9.17, 15) is 9.59 Å². The Balaban J connectivity index is 2.79. The highest BCUT2D eigenvalue weighted by Gasteiger charge is 2.22. The lowest BCUT2D eigenvalue weighted by molar-refractivity contribution is -0.109. The number of carbonyl (C=O) groups is 2. The molecule has 0 spiro atoms. The molecule has 0 aliphatic heterocycles. The zero-order chi connectivity index (χ0) is 15.6. The highest BCUT2D eigenvalue weighted by atomic mass is 16.6. The minimum atomic E-state index is -0.763.